The van der Waals surface area contributed by atoms with Crippen LogP contribution in [0.3, 0.4) is 0 Å². The first kappa shape index (κ1) is 12.9. The quantitative estimate of drug-likeness (QED) is 0.723. The summed E-state index contributed by atoms with van der Waals surface area (Å²) in [7, 11) is 0. The minimum absolute atomic E-state index is 0.0436. The Hall–Kier alpha value is -1.10. The molecule has 3 saturated heterocycles. The molecular weight excluding hydrogens is 242 g/mol. The third kappa shape index (κ3) is 2.61. The number of amides is 2. The molecule has 0 radical (unpaired) electrons. The Morgan fingerprint density at radius 2 is 2.11 bits per heavy atom. The van der Waals surface area contributed by atoms with Crippen LogP contribution < -0.4 is 5.32 Å². The van der Waals surface area contributed by atoms with E-state index in [4.69, 9.17) is 0 Å². The standard InChI is InChI=1S/C14H23N3O2/c1-9(2)6-13(18)16-5-3-4-10(16)14(19)15-7-11-12-8-17(11)12/h9-12H,3-8H2,1-2H3,(H,15,19). The third-order valence-electron chi connectivity index (χ3n) is 4.41. The van der Waals surface area contributed by atoms with E-state index in [1.807, 2.05) is 13.8 Å². The number of rotatable bonds is 5. The van der Waals surface area contributed by atoms with Crippen LogP contribution in [0.15, 0.2) is 0 Å². The molecule has 106 valence electrons. The molecule has 0 bridgehead atoms. The average molecular weight is 265 g/mol. The molecule has 3 aliphatic heterocycles. The number of fused-ring (bicyclic) bond motifs is 1. The highest BCUT2D eigenvalue weighted by Crippen LogP contribution is 2.42. The molecule has 4 unspecified atom stereocenters. The van der Waals surface area contributed by atoms with Crippen molar-refractivity contribution in [1.82, 2.24) is 15.1 Å². The van der Waals surface area contributed by atoms with Crippen molar-refractivity contribution in [3.63, 3.8) is 0 Å². The van der Waals surface area contributed by atoms with Gasteiger partial charge >= 0.3 is 0 Å². The fraction of sp³-hybridized carbons (Fsp3) is 0.857. The van der Waals surface area contributed by atoms with E-state index in [0.717, 1.165) is 32.0 Å². The Labute approximate surface area is 114 Å². The van der Waals surface area contributed by atoms with E-state index in [9.17, 15) is 9.59 Å². The molecule has 3 heterocycles. The lowest BCUT2D eigenvalue weighted by atomic mass is 10.1. The molecule has 3 fully saturated rings. The van der Waals surface area contributed by atoms with Gasteiger partial charge in [0.1, 0.15) is 6.04 Å². The van der Waals surface area contributed by atoms with Crippen molar-refractivity contribution in [2.45, 2.75) is 51.2 Å². The van der Waals surface area contributed by atoms with Crippen molar-refractivity contribution < 1.29 is 9.59 Å². The van der Waals surface area contributed by atoms with Gasteiger partial charge in [0.25, 0.3) is 0 Å². The zero-order valence-corrected chi connectivity index (χ0v) is 11.8. The highest BCUT2D eigenvalue weighted by molar-refractivity contribution is 5.88. The van der Waals surface area contributed by atoms with Gasteiger partial charge in [-0.15, -0.1) is 0 Å². The van der Waals surface area contributed by atoms with Crippen LogP contribution in [0.1, 0.15) is 33.1 Å². The van der Waals surface area contributed by atoms with E-state index in [1.165, 1.54) is 6.54 Å². The van der Waals surface area contributed by atoms with Crippen molar-refractivity contribution in [2.24, 2.45) is 5.92 Å². The van der Waals surface area contributed by atoms with E-state index < -0.39 is 0 Å². The number of hydrogen-bond acceptors (Lipinski definition) is 3. The monoisotopic (exact) mass is 265 g/mol. The van der Waals surface area contributed by atoms with Gasteiger partial charge in [0, 0.05) is 38.1 Å². The molecule has 3 aliphatic rings. The van der Waals surface area contributed by atoms with Crippen LogP contribution in [0.25, 0.3) is 0 Å². The first-order chi connectivity index (χ1) is 9.08. The van der Waals surface area contributed by atoms with Crippen LogP contribution in [0, 0.1) is 5.92 Å². The predicted molar refractivity (Wildman–Crippen MR) is 71.5 cm³/mol. The summed E-state index contributed by atoms with van der Waals surface area (Å²) in [6, 6.07) is 1.11. The largest absolute Gasteiger partial charge is 0.353 e. The molecule has 4 atom stereocenters. The molecule has 5 heteroatoms. The molecular formula is C14H23N3O2. The van der Waals surface area contributed by atoms with E-state index in [1.54, 1.807) is 4.90 Å². The molecule has 2 amide bonds. The molecule has 0 aliphatic carbocycles. The van der Waals surface area contributed by atoms with Crippen molar-refractivity contribution in [2.75, 3.05) is 19.6 Å². The lowest BCUT2D eigenvalue weighted by molar-refractivity contribution is -0.139. The lowest BCUT2D eigenvalue weighted by Crippen LogP contribution is -2.47. The van der Waals surface area contributed by atoms with Gasteiger partial charge in [-0.1, -0.05) is 13.8 Å². The fourth-order valence-corrected chi connectivity index (χ4v) is 3.06. The second kappa shape index (κ2) is 4.78. The van der Waals surface area contributed by atoms with Gasteiger partial charge in [-0.3, -0.25) is 14.5 Å². The number of carbonyl (C=O) groups excluding carboxylic acids is 2. The third-order valence-corrected chi connectivity index (χ3v) is 4.41. The zero-order valence-electron chi connectivity index (χ0n) is 11.8. The summed E-state index contributed by atoms with van der Waals surface area (Å²) in [4.78, 5) is 28.4. The number of likely N-dealkylation sites (tertiary alicyclic amines) is 1. The van der Waals surface area contributed by atoms with Crippen molar-refractivity contribution in [1.29, 1.82) is 0 Å². The van der Waals surface area contributed by atoms with Crippen LogP contribution in [-0.4, -0.2) is 59.4 Å². The van der Waals surface area contributed by atoms with Crippen molar-refractivity contribution >= 4 is 11.8 Å². The summed E-state index contributed by atoms with van der Waals surface area (Å²) in [6.07, 6.45) is 2.30. The van der Waals surface area contributed by atoms with E-state index in [2.05, 4.69) is 10.2 Å². The van der Waals surface area contributed by atoms with Gasteiger partial charge in [0.2, 0.25) is 11.8 Å². The molecule has 5 nitrogen and oxygen atoms in total. The maximum atomic E-state index is 12.2. The van der Waals surface area contributed by atoms with E-state index in [-0.39, 0.29) is 17.9 Å². The van der Waals surface area contributed by atoms with E-state index in [0.29, 0.717) is 18.4 Å². The van der Waals surface area contributed by atoms with Crippen LogP contribution in [-0.2, 0) is 9.59 Å². The second-order valence-electron chi connectivity index (χ2n) is 6.42. The van der Waals surface area contributed by atoms with Crippen molar-refractivity contribution in [3.8, 4) is 0 Å². The first-order valence-corrected chi connectivity index (χ1v) is 7.41. The van der Waals surface area contributed by atoms with Crippen LogP contribution in [0.5, 0.6) is 0 Å². The topological polar surface area (TPSA) is 52.4 Å². The molecule has 1 N–H and O–H groups in total. The summed E-state index contributed by atoms with van der Waals surface area (Å²) >= 11 is 0. The van der Waals surface area contributed by atoms with Gasteiger partial charge in [-0.25, -0.2) is 0 Å². The summed E-state index contributed by atoms with van der Waals surface area (Å²) in [5.41, 5.74) is 0. The molecule has 0 spiro atoms. The zero-order chi connectivity index (χ0) is 13.6. The highest BCUT2D eigenvalue weighted by Gasteiger charge is 2.61. The predicted octanol–water partition coefficient (Wildman–Crippen LogP) is 0.206. The van der Waals surface area contributed by atoms with Crippen LogP contribution in [0.2, 0.25) is 0 Å². The lowest BCUT2D eigenvalue weighted by Gasteiger charge is -2.25. The molecule has 0 aromatic heterocycles. The fourth-order valence-electron chi connectivity index (χ4n) is 3.06. The van der Waals surface area contributed by atoms with Crippen LogP contribution >= 0.6 is 0 Å². The first-order valence-electron chi connectivity index (χ1n) is 7.41. The molecule has 19 heavy (non-hydrogen) atoms. The maximum absolute atomic E-state index is 12.2. The smallest absolute Gasteiger partial charge is 0.242 e. The number of hydrogen-bond donors (Lipinski definition) is 1. The SMILES string of the molecule is CC(C)CC(=O)N1CCCC1C(=O)NCC1C2CN12. The number of nitrogens with one attached hydrogen (secondary N) is 1. The van der Waals surface area contributed by atoms with Crippen molar-refractivity contribution in [3.05, 3.63) is 0 Å². The van der Waals surface area contributed by atoms with E-state index >= 15 is 0 Å². The Morgan fingerprint density at radius 1 is 1.37 bits per heavy atom. The van der Waals surface area contributed by atoms with Gasteiger partial charge in [0.15, 0.2) is 0 Å². The minimum Gasteiger partial charge on any atom is -0.353 e. The Kier molecular flexibility index (Phi) is 3.25. The molecule has 0 aromatic carbocycles. The molecule has 0 saturated carbocycles. The van der Waals surface area contributed by atoms with Crippen LogP contribution in [0.4, 0.5) is 0 Å². The minimum atomic E-state index is -0.226. The van der Waals surface area contributed by atoms with Gasteiger partial charge < -0.3 is 10.2 Å². The number of nitrogens with zero attached hydrogens (tertiary/aromatic N) is 2. The van der Waals surface area contributed by atoms with Gasteiger partial charge in [0.05, 0.1) is 0 Å². The van der Waals surface area contributed by atoms with Gasteiger partial charge in [-0.05, 0) is 18.8 Å². The number of carbonyl (C=O) groups is 2. The molecule has 3 rings (SSSR count). The maximum Gasteiger partial charge on any atom is 0.242 e. The Balaban J connectivity index is 1.49. The Bertz CT molecular complexity index is 388. The normalized spacial score (nSPS) is 35.2. The summed E-state index contributed by atoms with van der Waals surface area (Å²) in [6.45, 7) is 6.78. The summed E-state index contributed by atoms with van der Waals surface area (Å²) in [5, 5.41) is 3.01. The Morgan fingerprint density at radius 3 is 2.68 bits per heavy atom. The molecule has 0 aromatic rings. The average Bonchev–Trinajstić information content (AvgIpc) is 3.18. The highest BCUT2D eigenvalue weighted by atomic mass is 16.2. The van der Waals surface area contributed by atoms with Gasteiger partial charge in [-0.2, -0.15) is 0 Å². The summed E-state index contributed by atoms with van der Waals surface area (Å²) < 4.78 is 0. The summed E-state index contributed by atoms with van der Waals surface area (Å²) in [5.74, 6) is 0.524. The second-order valence-corrected chi connectivity index (χ2v) is 6.42.